The molecule has 7 nitrogen and oxygen atoms in total. The van der Waals surface area contributed by atoms with Crippen molar-refractivity contribution >= 4 is 52.4 Å². The molecule has 172 valence electrons. The number of halogens is 1. The molecule has 1 aliphatic heterocycles. The number of hydroxylamine groups is 1. The lowest BCUT2D eigenvalue weighted by Gasteiger charge is -2.18. The lowest BCUT2D eigenvalue weighted by atomic mass is 9.97. The maximum absolute atomic E-state index is 12.7. The molecule has 0 aliphatic carbocycles. The van der Waals surface area contributed by atoms with Crippen molar-refractivity contribution in [2.24, 2.45) is 5.41 Å². The van der Waals surface area contributed by atoms with Crippen LogP contribution in [0.2, 0.25) is 5.02 Å². The summed E-state index contributed by atoms with van der Waals surface area (Å²) in [5.41, 5.74) is 1.02. The fourth-order valence-corrected chi connectivity index (χ4v) is 3.32. The first-order valence-corrected chi connectivity index (χ1v) is 10.8. The highest BCUT2D eigenvalue weighted by Crippen LogP contribution is 2.40. The number of rotatable bonds is 5. The molecule has 0 saturated heterocycles. The van der Waals surface area contributed by atoms with E-state index in [1.165, 1.54) is 12.1 Å². The zero-order chi connectivity index (χ0) is 24.3. The largest absolute Gasteiger partial charge is 0.430 e. The average Bonchev–Trinajstić information content (AvgIpc) is 3.00. The van der Waals surface area contributed by atoms with Gasteiger partial charge in [0.25, 0.3) is 5.91 Å². The molecular formula is C25H25ClN2O5. The van der Waals surface area contributed by atoms with Crippen LogP contribution in [0.4, 0.5) is 11.4 Å². The summed E-state index contributed by atoms with van der Waals surface area (Å²) in [6.45, 7) is 6.90. The number of fused-ring (bicyclic) bond motifs is 1. The molecule has 2 amide bonds. The van der Waals surface area contributed by atoms with Crippen molar-refractivity contribution in [1.29, 1.82) is 0 Å². The molecule has 2 aromatic carbocycles. The quantitative estimate of drug-likeness (QED) is 0.264. The minimum atomic E-state index is -0.754. The topological polar surface area (TPSA) is 95.9 Å². The van der Waals surface area contributed by atoms with Crippen LogP contribution in [-0.4, -0.2) is 23.0 Å². The van der Waals surface area contributed by atoms with Crippen molar-refractivity contribution in [2.45, 2.75) is 34.1 Å². The van der Waals surface area contributed by atoms with Crippen molar-refractivity contribution in [3.05, 3.63) is 70.4 Å². The first-order valence-electron chi connectivity index (χ1n) is 10.4. The van der Waals surface area contributed by atoms with E-state index < -0.39 is 23.2 Å². The van der Waals surface area contributed by atoms with Gasteiger partial charge in [-0.05, 0) is 56.7 Å². The number of esters is 1. The molecule has 0 fully saturated rings. The fraction of sp³-hybridized carbons (Fsp3) is 0.240. The Labute approximate surface area is 197 Å². The fourth-order valence-electron chi connectivity index (χ4n) is 3.12. The lowest BCUT2D eigenvalue weighted by molar-refractivity contribution is -0.148. The van der Waals surface area contributed by atoms with Crippen LogP contribution in [0.1, 0.15) is 45.2 Å². The minimum Gasteiger partial charge on any atom is -0.430 e. The highest BCUT2D eigenvalue weighted by atomic mass is 35.5. The molecule has 0 saturated carbocycles. The van der Waals surface area contributed by atoms with Crippen LogP contribution in [0.15, 0.2) is 54.3 Å². The first kappa shape index (κ1) is 24.2. The second-order valence-electron chi connectivity index (χ2n) is 8.48. The van der Waals surface area contributed by atoms with Gasteiger partial charge in [0.05, 0.1) is 16.7 Å². The van der Waals surface area contributed by atoms with E-state index in [4.69, 9.17) is 16.3 Å². The summed E-state index contributed by atoms with van der Waals surface area (Å²) in [4.78, 5) is 37.4. The maximum Gasteiger partial charge on any atom is 0.316 e. The Morgan fingerprint density at radius 2 is 1.88 bits per heavy atom. The third-order valence-electron chi connectivity index (χ3n) is 4.92. The lowest BCUT2D eigenvalue weighted by Crippen LogP contribution is -2.25. The molecule has 0 bridgehead atoms. The molecule has 1 aliphatic rings. The van der Waals surface area contributed by atoms with E-state index in [1.807, 2.05) is 6.07 Å². The third kappa shape index (κ3) is 5.32. The van der Waals surface area contributed by atoms with Crippen LogP contribution >= 0.6 is 11.6 Å². The molecule has 3 rings (SSSR count). The van der Waals surface area contributed by atoms with Gasteiger partial charge >= 0.3 is 5.97 Å². The van der Waals surface area contributed by atoms with Gasteiger partial charge in [0.2, 0.25) is 5.91 Å². The summed E-state index contributed by atoms with van der Waals surface area (Å²) in [7, 11) is 0. The van der Waals surface area contributed by atoms with Crippen LogP contribution < -0.4 is 10.4 Å². The van der Waals surface area contributed by atoms with Gasteiger partial charge in [0, 0.05) is 28.8 Å². The number of anilines is 2. The van der Waals surface area contributed by atoms with Crippen LogP contribution in [0.5, 0.6) is 0 Å². The van der Waals surface area contributed by atoms with Crippen molar-refractivity contribution in [2.75, 3.05) is 10.4 Å². The van der Waals surface area contributed by atoms with Gasteiger partial charge in [-0.1, -0.05) is 36.7 Å². The minimum absolute atomic E-state index is 0.115. The number of amides is 2. The Kier molecular flexibility index (Phi) is 7.05. The van der Waals surface area contributed by atoms with Crippen LogP contribution in [0.25, 0.3) is 11.6 Å². The van der Waals surface area contributed by atoms with Gasteiger partial charge in [0.1, 0.15) is 5.76 Å². The van der Waals surface area contributed by atoms with Gasteiger partial charge < -0.3 is 10.1 Å². The van der Waals surface area contributed by atoms with Gasteiger partial charge in [-0.2, -0.15) is 5.06 Å². The Morgan fingerprint density at radius 3 is 2.52 bits per heavy atom. The number of nitrogens with zero attached hydrogens (tertiary/aromatic N) is 1. The number of carbonyl (C=O) groups is 3. The number of hydrogen-bond donors (Lipinski definition) is 2. The molecule has 0 radical (unpaired) electrons. The van der Waals surface area contributed by atoms with E-state index in [0.717, 1.165) is 0 Å². The number of ether oxygens (including phenoxy) is 1. The van der Waals surface area contributed by atoms with Crippen LogP contribution in [0.3, 0.4) is 0 Å². The maximum atomic E-state index is 12.7. The highest BCUT2D eigenvalue weighted by Gasteiger charge is 2.36. The number of nitrogens with one attached hydrogen (secondary N) is 1. The summed E-state index contributed by atoms with van der Waals surface area (Å²) < 4.78 is 5.49. The molecule has 2 N–H and O–H groups in total. The van der Waals surface area contributed by atoms with E-state index in [-0.39, 0.29) is 23.4 Å². The SMILES string of the molecule is CC/C(OC(=O)C(C)(C)C)=C1/C(=O)N(O)c2cc(NC(=O)/C=C/c3ccccc3Cl)ccc21. The van der Waals surface area contributed by atoms with Crippen molar-refractivity contribution in [1.82, 2.24) is 0 Å². The van der Waals surface area contributed by atoms with Crippen molar-refractivity contribution < 1.29 is 24.3 Å². The summed E-state index contributed by atoms with van der Waals surface area (Å²) in [5, 5.41) is 14.1. The molecule has 0 atom stereocenters. The van der Waals surface area contributed by atoms with Crippen molar-refractivity contribution in [3.63, 3.8) is 0 Å². The standard InChI is InChI=1S/C25H25ClN2O5/c1-5-20(33-24(31)25(2,3)4)22-17-12-11-16(14-19(17)28(32)23(22)30)27-21(29)13-10-15-8-6-7-9-18(15)26/h6-14,32H,5H2,1-4H3,(H,27,29)/b13-10+,22-20-. The first-order chi connectivity index (χ1) is 15.5. The molecule has 33 heavy (non-hydrogen) atoms. The predicted octanol–water partition coefficient (Wildman–Crippen LogP) is 5.44. The second-order valence-corrected chi connectivity index (χ2v) is 8.89. The Morgan fingerprint density at radius 1 is 1.18 bits per heavy atom. The summed E-state index contributed by atoms with van der Waals surface area (Å²) >= 11 is 6.09. The van der Waals surface area contributed by atoms with E-state index >= 15 is 0 Å². The molecule has 2 aromatic rings. The van der Waals surface area contributed by atoms with E-state index in [0.29, 0.717) is 26.9 Å². The van der Waals surface area contributed by atoms with E-state index in [2.05, 4.69) is 5.32 Å². The molecule has 0 unspecified atom stereocenters. The zero-order valence-corrected chi connectivity index (χ0v) is 19.6. The molecular weight excluding hydrogens is 444 g/mol. The van der Waals surface area contributed by atoms with Crippen LogP contribution in [-0.2, 0) is 19.1 Å². The zero-order valence-electron chi connectivity index (χ0n) is 18.8. The Bertz CT molecular complexity index is 1180. The number of allylic oxidation sites excluding steroid dienone is 1. The average molecular weight is 469 g/mol. The summed E-state index contributed by atoms with van der Waals surface area (Å²) in [6.07, 6.45) is 3.20. The smallest absolute Gasteiger partial charge is 0.316 e. The number of carbonyl (C=O) groups excluding carboxylic acids is 3. The molecule has 8 heteroatoms. The van der Waals surface area contributed by atoms with Gasteiger partial charge in [0.15, 0.2) is 0 Å². The van der Waals surface area contributed by atoms with E-state index in [9.17, 15) is 19.6 Å². The third-order valence-corrected chi connectivity index (χ3v) is 5.26. The van der Waals surface area contributed by atoms with Crippen LogP contribution in [0, 0.1) is 5.41 Å². The Balaban J connectivity index is 1.86. The molecule has 0 aromatic heterocycles. The van der Waals surface area contributed by atoms with Gasteiger partial charge in [-0.15, -0.1) is 0 Å². The van der Waals surface area contributed by atoms with Gasteiger partial charge in [-0.3, -0.25) is 19.6 Å². The summed E-state index contributed by atoms with van der Waals surface area (Å²) in [5.74, 6) is -1.41. The molecule has 1 heterocycles. The monoisotopic (exact) mass is 468 g/mol. The second kappa shape index (κ2) is 9.60. The number of hydrogen-bond acceptors (Lipinski definition) is 5. The van der Waals surface area contributed by atoms with Crippen molar-refractivity contribution in [3.8, 4) is 0 Å². The molecule has 0 spiro atoms. The van der Waals surface area contributed by atoms with Gasteiger partial charge in [-0.25, -0.2) is 0 Å². The summed E-state index contributed by atoms with van der Waals surface area (Å²) in [6, 6.07) is 11.8. The number of benzene rings is 2. The highest BCUT2D eigenvalue weighted by molar-refractivity contribution is 6.32. The normalized spacial score (nSPS) is 15.0. The Hall–Kier alpha value is -3.42. The van der Waals surface area contributed by atoms with E-state index in [1.54, 1.807) is 64.1 Å². The predicted molar refractivity (Wildman–Crippen MR) is 128 cm³/mol.